The summed E-state index contributed by atoms with van der Waals surface area (Å²) in [7, 11) is 1.58. The van der Waals surface area contributed by atoms with E-state index in [4.69, 9.17) is 4.74 Å². The first-order valence-corrected chi connectivity index (χ1v) is 7.23. The van der Waals surface area contributed by atoms with Crippen LogP contribution in [0.1, 0.15) is 11.4 Å². The summed E-state index contributed by atoms with van der Waals surface area (Å²) >= 11 is 1.40. The van der Waals surface area contributed by atoms with E-state index in [0.29, 0.717) is 35.4 Å². The minimum atomic E-state index is -0.847. The van der Waals surface area contributed by atoms with E-state index >= 15 is 0 Å². The molecule has 0 spiro atoms. The molecule has 0 unspecified atom stereocenters. The quantitative estimate of drug-likeness (QED) is 0.581. The Kier molecular flexibility index (Phi) is 5.46. The van der Waals surface area contributed by atoms with Gasteiger partial charge >= 0.3 is 0 Å². The number of hydrogen-bond donors (Lipinski definition) is 0. The van der Waals surface area contributed by atoms with Gasteiger partial charge in [-0.3, -0.25) is 0 Å². The lowest BCUT2D eigenvalue weighted by Crippen LogP contribution is -2.04. The second-order valence-electron chi connectivity index (χ2n) is 4.27. The van der Waals surface area contributed by atoms with Crippen LogP contribution < -0.4 is 0 Å². The Balaban J connectivity index is 2.11. The van der Waals surface area contributed by atoms with Crippen molar-refractivity contribution in [2.75, 3.05) is 7.11 Å². The van der Waals surface area contributed by atoms with Crippen LogP contribution >= 0.6 is 11.8 Å². The largest absolute Gasteiger partial charge is 0.377 e. The topological polar surface area (TPSA) is 39.9 Å². The number of allylic oxidation sites excluding steroid dienone is 1. The Morgan fingerprint density at radius 2 is 2.14 bits per heavy atom. The molecule has 0 aliphatic rings. The van der Waals surface area contributed by atoms with Gasteiger partial charge in [-0.1, -0.05) is 23.9 Å². The molecule has 0 radical (unpaired) electrons. The molecule has 112 valence electrons. The highest BCUT2D eigenvalue weighted by molar-refractivity contribution is 7.98. The lowest BCUT2D eigenvalue weighted by atomic mass is 10.2. The Labute approximate surface area is 125 Å². The zero-order chi connectivity index (χ0) is 15.2. The van der Waals surface area contributed by atoms with Gasteiger partial charge in [-0.05, 0) is 17.7 Å². The number of aromatic nitrogens is 3. The van der Waals surface area contributed by atoms with Crippen LogP contribution in [0, 0.1) is 11.6 Å². The molecule has 0 bridgehead atoms. The van der Waals surface area contributed by atoms with Crippen molar-refractivity contribution in [3.8, 4) is 0 Å². The minimum absolute atomic E-state index is 0.354. The van der Waals surface area contributed by atoms with Crippen LogP contribution in [0.15, 0.2) is 36.0 Å². The number of methoxy groups -OCH3 is 1. The van der Waals surface area contributed by atoms with Crippen molar-refractivity contribution < 1.29 is 13.5 Å². The second-order valence-corrected chi connectivity index (χ2v) is 5.21. The number of rotatable bonds is 7. The second kappa shape index (κ2) is 7.33. The zero-order valence-electron chi connectivity index (χ0n) is 11.6. The zero-order valence-corrected chi connectivity index (χ0v) is 12.4. The van der Waals surface area contributed by atoms with Crippen LogP contribution in [0.2, 0.25) is 0 Å². The molecule has 2 aromatic rings. The van der Waals surface area contributed by atoms with Crippen LogP contribution in [-0.4, -0.2) is 21.9 Å². The van der Waals surface area contributed by atoms with E-state index in [0.717, 1.165) is 6.07 Å². The van der Waals surface area contributed by atoms with Gasteiger partial charge in [0.2, 0.25) is 0 Å². The van der Waals surface area contributed by atoms with E-state index in [1.165, 1.54) is 17.8 Å². The van der Waals surface area contributed by atoms with Crippen LogP contribution in [0.4, 0.5) is 8.78 Å². The smallest absolute Gasteiger partial charge is 0.191 e. The molecule has 0 atom stereocenters. The first-order valence-electron chi connectivity index (χ1n) is 6.24. The molecule has 0 amide bonds. The van der Waals surface area contributed by atoms with Crippen molar-refractivity contribution in [2.45, 2.75) is 24.1 Å². The van der Waals surface area contributed by atoms with Gasteiger partial charge in [0.05, 0.1) is 0 Å². The normalized spacial score (nSPS) is 10.8. The van der Waals surface area contributed by atoms with Crippen molar-refractivity contribution in [3.05, 3.63) is 53.9 Å². The predicted octanol–water partition coefficient (Wildman–Crippen LogP) is 3.18. The molecule has 7 heteroatoms. The first-order chi connectivity index (χ1) is 10.2. The fourth-order valence-corrected chi connectivity index (χ4v) is 2.66. The maximum atomic E-state index is 13.2. The molecule has 1 aromatic heterocycles. The standard InChI is InChI=1S/C14H15F2N3OS/c1-3-6-19-13(8-20-2)17-18-14(19)21-9-10-4-5-11(15)12(16)7-10/h3-5,7H,1,6,8-9H2,2H3. The van der Waals surface area contributed by atoms with Gasteiger partial charge in [0, 0.05) is 19.4 Å². The van der Waals surface area contributed by atoms with Crippen LogP contribution in [0.25, 0.3) is 0 Å². The first kappa shape index (κ1) is 15.7. The summed E-state index contributed by atoms with van der Waals surface area (Å²) in [6.45, 7) is 4.61. The molecule has 0 aliphatic heterocycles. The molecular formula is C14H15F2N3OS. The van der Waals surface area contributed by atoms with Gasteiger partial charge in [-0.25, -0.2) is 8.78 Å². The summed E-state index contributed by atoms with van der Waals surface area (Å²) in [6, 6.07) is 3.86. The molecule has 21 heavy (non-hydrogen) atoms. The van der Waals surface area contributed by atoms with Crippen molar-refractivity contribution in [3.63, 3.8) is 0 Å². The van der Waals surface area contributed by atoms with Crippen LogP contribution in [0.3, 0.4) is 0 Å². The van der Waals surface area contributed by atoms with E-state index in [-0.39, 0.29) is 0 Å². The minimum Gasteiger partial charge on any atom is -0.377 e. The third-order valence-electron chi connectivity index (χ3n) is 2.73. The molecular weight excluding hydrogens is 296 g/mol. The van der Waals surface area contributed by atoms with Crippen molar-refractivity contribution in [2.24, 2.45) is 0 Å². The van der Waals surface area contributed by atoms with E-state index < -0.39 is 11.6 Å². The van der Waals surface area contributed by atoms with Gasteiger partial charge < -0.3 is 9.30 Å². The summed E-state index contributed by atoms with van der Waals surface area (Å²) in [5.41, 5.74) is 0.681. The highest BCUT2D eigenvalue weighted by Crippen LogP contribution is 2.23. The lowest BCUT2D eigenvalue weighted by Gasteiger charge is -2.07. The maximum Gasteiger partial charge on any atom is 0.191 e. The third kappa shape index (κ3) is 3.89. The molecule has 0 N–H and O–H groups in total. The highest BCUT2D eigenvalue weighted by atomic mass is 32.2. The van der Waals surface area contributed by atoms with Crippen molar-refractivity contribution >= 4 is 11.8 Å². The number of nitrogens with zero attached hydrogens (tertiary/aromatic N) is 3. The molecule has 2 rings (SSSR count). The van der Waals surface area contributed by atoms with E-state index in [1.807, 2.05) is 4.57 Å². The molecule has 0 saturated heterocycles. The van der Waals surface area contributed by atoms with Crippen molar-refractivity contribution in [1.82, 2.24) is 14.8 Å². The van der Waals surface area contributed by atoms with Crippen LogP contribution in [-0.2, 0) is 23.6 Å². The molecule has 0 fully saturated rings. The number of thioether (sulfide) groups is 1. The molecule has 4 nitrogen and oxygen atoms in total. The van der Waals surface area contributed by atoms with E-state index in [1.54, 1.807) is 19.3 Å². The van der Waals surface area contributed by atoms with Gasteiger partial charge in [-0.2, -0.15) is 0 Å². The van der Waals surface area contributed by atoms with Crippen molar-refractivity contribution in [1.29, 1.82) is 0 Å². The number of hydrogen-bond acceptors (Lipinski definition) is 4. The molecule has 0 saturated carbocycles. The number of benzene rings is 1. The summed E-state index contributed by atoms with van der Waals surface area (Å²) in [6.07, 6.45) is 1.74. The molecule has 1 aromatic carbocycles. The SMILES string of the molecule is C=CCn1c(COC)nnc1SCc1ccc(F)c(F)c1. The van der Waals surface area contributed by atoms with Gasteiger partial charge in [0.15, 0.2) is 22.6 Å². The van der Waals surface area contributed by atoms with Gasteiger partial charge in [0.25, 0.3) is 0 Å². The van der Waals surface area contributed by atoms with E-state index in [2.05, 4.69) is 16.8 Å². The fourth-order valence-electron chi connectivity index (χ4n) is 1.75. The average Bonchev–Trinajstić information content (AvgIpc) is 2.84. The third-order valence-corrected chi connectivity index (χ3v) is 3.77. The summed E-state index contributed by atoms with van der Waals surface area (Å²) in [4.78, 5) is 0. The monoisotopic (exact) mass is 311 g/mol. The Morgan fingerprint density at radius 3 is 2.81 bits per heavy atom. The summed E-state index contributed by atoms with van der Waals surface area (Å²) in [5, 5.41) is 8.83. The lowest BCUT2D eigenvalue weighted by molar-refractivity contribution is 0.174. The summed E-state index contributed by atoms with van der Waals surface area (Å²) < 4.78 is 33.0. The highest BCUT2D eigenvalue weighted by Gasteiger charge is 2.12. The molecule has 0 aliphatic carbocycles. The van der Waals surface area contributed by atoms with Gasteiger partial charge in [0.1, 0.15) is 6.61 Å². The Hall–Kier alpha value is -1.73. The Morgan fingerprint density at radius 1 is 1.33 bits per heavy atom. The predicted molar refractivity (Wildman–Crippen MR) is 76.9 cm³/mol. The summed E-state index contributed by atoms with van der Waals surface area (Å²) in [5.74, 6) is -0.522. The Bertz CT molecular complexity index is 631. The fraction of sp³-hybridized carbons (Fsp3) is 0.286. The van der Waals surface area contributed by atoms with E-state index in [9.17, 15) is 8.78 Å². The molecule has 1 heterocycles. The number of halogens is 2. The van der Waals surface area contributed by atoms with Crippen LogP contribution in [0.5, 0.6) is 0 Å². The maximum absolute atomic E-state index is 13.2. The average molecular weight is 311 g/mol. The van der Waals surface area contributed by atoms with Gasteiger partial charge in [-0.15, -0.1) is 16.8 Å². The number of ether oxygens (including phenoxy) is 1.